The van der Waals surface area contributed by atoms with Gasteiger partial charge in [-0.15, -0.1) is 0 Å². The highest BCUT2D eigenvalue weighted by atomic mass is 16.1. The van der Waals surface area contributed by atoms with Crippen LogP contribution in [-0.2, 0) is 0 Å². The molecule has 2 aromatic carbocycles. The Labute approximate surface area is 143 Å². The molecule has 0 unspecified atom stereocenters. The number of H-pyrrole nitrogens is 1. The van der Waals surface area contributed by atoms with Gasteiger partial charge in [-0.2, -0.15) is 0 Å². The van der Waals surface area contributed by atoms with E-state index in [2.05, 4.69) is 70.0 Å². The normalized spacial score (nSPS) is 11.2. The molecule has 0 atom stereocenters. The first-order valence-electron chi connectivity index (χ1n) is 8.38. The number of aromatic amines is 1. The van der Waals surface area contributed by atoms with Gasteiger partial charge in [0.05, 0.1) is 11.4 Å². The Morgan fingerprint density at radius 1 is 0.958 bits per heavy atom. The number of aromatic nitrogens is 2. The van der Waals surface area contributed by atoms with E-state index in [9.17, 15) is 4.79 Å². The van der Waals surface area contributed by atoms with Crippen molar-refractivity contribution in [2.45, 2.75) is 40.5 Å². The molecule has 0 amide bonds. The van der Waals surface area contributed by atoms with Crippen LogP contribution in [0.2, 0.25) is 0 Å². The molecule has 0 aliphatic heterocycles. The van der Waals surface area contributed by atoms with E-state index >= 15 is 0 Å². The first-order valence-corrected chi connectivity index (χ1v) is 8.38. The molecular weight excluding hydrogens is 296 g/mol. The maximum atomic E-state index is 13.0. The van der Waals surface area contributed by atoms with Crippen molar-refractivity contribution < 1.29 is 0 Å². The number of nitrogens with one attached hydrogen (secondary N) is 1. The van der Waals surface area contributed by atoms with Crippen LogP contribution in [0.5, 0.6) is 0 Å². The second-order valence-electron chi connectivity index (χ2n) is 6.83. The zero-order chi connectivity index (χ0) is 17.4. The number of nitrogens with zero attached hydrogens (tertiary/aromatic N) is 1. The summed E-state index contributed by atoms with van der Waals surface area (Å²) in [6.45, 7) is 10.3. The van der Waals surface area contributed by atoms with E-state index in [1.807, 2.05) is 12.1 Å². The summed E-state index contributed by atoms with van der Waals surface area (Å²) in [6.07, 6.45) is 0. The highest BCUT2D eigenvalue weighted by Gasteiger charge is 2.19. The molecule has 0 saturated carbocycles. The highest BCUT2D eigenvalue weighted by Crippen LogP contribution is 2.27. The highest BCUT2D eigenvalue weighted by molar-refractivity contribution is 5.64. The van der Waals surface area contributed by atoms with Gasteiger partial charge in [0.25, 0.3) is 5.56 Å². The third-order valence-corrected chi connectivity index (χ3v) is 4.56. The predicted octanol–water partition coefficient (Wildman–Crippen LogP) is 4.88. The monoisotopic (exact) mass is 320 g/mol. The van der Waals surface area contributed by atoms with Crippen molar-refractivity contribution in [3.63, 3.8) is 0 Å². The standard InChI is InChI=1S/C21H24N2O/c1-13(2)19-20(17-8-6-7-14(3)11-17)22-23(21(19)24)18-10-9-15(4)16(5)12-18/h6-13,22H,1-5H3. The summed E-state index contributed by atoms with van der Waals surface area (Å²) in [7, 11) is 0. The quantitative estimate of drug-likeness (QED) is 0.733. The Morgan fingerprint density at radius 3 is 2.33 bits per heavy atom. The van der Waals surface area contributed by atoms with Crippen molar-refractivity contribution in [1.29, 1.82) is 0 Å². The topological polar surface area (TPSA) is 37.8 Å². The van der Waals surface area contributed by atoms with Crippen molar-refractivity contribution in [1.82, 2.24) is 9.78 Å². The third-order valence-electron chi connectivity index (χ3n) is 4.56. The molecule has 3 aromatic rings. The van der Waals surface area contributed by atoms with Crippen molar-refractivity contribution >= 4 is 0 Å². The van der Waals surface area contributed by atoms with Gasteiger partial charge in [-0.1, -0.05) is 43.7 Å². The van der Waals surface area contributed by atoms with Gasteiger partial charge < -0.3 is 0 Å². The zero-order valence-corrected chi connectivity index (χ0v) is 15.0. The summed E-state index contributed by atoms with van der Waals surface area (Å²) in [6, 6.07) is 14.4. The van der Waals surface area contributed by atoms with Crippen molar-refractivity contribution in [2.75, 3.05) is 0 Å². The molecular formula is C21H24N2O. The molecule has 0 fully saturated rings. The molecule has 0 aliphatic rings. The van der Waals surface area contributed by atoms with Crippen molar-refractivity contribution in [3.8, 4) is 16.9 Å². The fraction of sp³-hybridized carbons (Fsp3) is 0.286. The first-order chi connectivity index (χ1) is 11.4. The van der Waals surface area contributed by atoms with Crippen LogP contribution in [0.25, 0.3) is 16.9 Å². The van der Waals surface area contributed by atoms with Gasteiger partial charge in [0, 0.05) is 11.1 Å². The molecule has 24 heavy (non-hydrogen) atoms. The fourth-order valence-electron chi connectivity index (χ4n) is 3.05. The first kappa shape index (κ1) is 16.3. The number of rotatable bonds is 3. The van der Waals surface area contributed by atoms with Gasteiger partial charge in [0.2, 0.25) is 0 Å². The van der Waals surface area contributed by atoms with Crippen LogP contribution in [0.4, 0.5) is 0 Å². The Balaban J connectivity index is 2.24. The lowest BCUT2D eigenvalue weighted by atomic mass is 9.98. The van der Waals surface area contributed by atoms with Crippen LogP contribution in [0.3, 0.4) is 0 Å². The lowest BCUT2D eigenvalue weighted by Crippen LogP contribution is -2.18. The van der Waals surface area contributed by atoms with E-state index in [1.165, 1.54) is 16.7 Å². The van der Waals surface area contributed by atoms with Crippen LogP contribution in [0, 0.1) is 20.8 Å². The van der Waals surface area contributed by atoms with E-state index in [0.717, 1.165) is 22.5 Å². The lowest BCUT2D eigenvalue weighted by Gasteiger charge is -2.06. The minimum absolute atomic E-state index is 0.0322. The third kappa shape index (κ3) is 2.82. The van der Waals surface area contributed by atoms with Gasteiger partial charge in [-0.25, -0.2) is 4.68 Å². The Bertz CT molecular complexity index is 945. The van der Waals surface area contributed by atoms with Crippen LogP contribution >= 0.6 is 0 Å². The van der Waals surface area contributed by atoms with Crippen LogP contribution in [0.1, 0.15) is 42.0 Å². The SMILES string of the molecule is Cc1cccc(-c2[nH]n(-c3ccc(C)c(C)c3)c(=O)c2C(C)C)c1. The van der Waals surface area contributed by atoms with Gasteiger partial charge in [0.1, 0.15) is 0 Å². The van der Waals surface area contributed by atoms with Gasteiger partial charge in [0.15, 0.2) is 0 Å². The van der Waals surface area contributed by atoms with E-state index in [4.69, 9.17) is 0 Å². The van der Waals surface area contributed by atoms with Gasteiger partial charge in [-0.3, -0.25) is 9.89 Å². The summed E-state index contributed by atoms with van der Waals surface area (Å²) in [5.74, 6) is 0.150. The van der Waals surface area contributed by atoms with E-state index in [-0.39, 0.29) is 11.5 Å². The summed E-state index contributed by atoms with van der Waals surface area (Å²) in [5, 5.41) is 3.34. The maximum Gasteiger partial charge on any atom is 0.275 e. The molecule has 0 spiro atoms. The minimum atomic E-state index is 0.0322. The number of hydrogen-bond acceptors (Lipinski definition) is 1. The van der Waals surface area contributed by atoms with Gasteiger partial charge >= 0.3 is 0 Å². The molecule has 3 heteroatoms. The molecule has 1 N–H and O–H groups in total. The second-order valence-corrected chi connectivity index (χ2v) is 6.83. The number of benzene rings is 2. The summed E-state index contributed by atoms with van der Waals surface area (Å²) in [5.41, 5.74) is 7.29. The van der Waals surface area contributed by atoms with Crippen LogP contribution < -0.4 is 5.56 Å². The minimum Gasteiger partial charge on any atom is -0.290 e. The van der Waals surface area contributed by atoms with E-state index in [1.54, 1.807) is 4.68 Å². The maximum absolute atomic E-state index is 13.0. The summed E-state index contributed by atoms with van der Waals surface area (Å²) in [4.78, 5) is 13.0. The number of hydrogen-bond donors (Lipinski definition) is 1. The van der Waals surface area contributed by atoms with Gasteiger partial charge in [-0.05, 0) is 56.0 Å². The molecule has 3 rings (SSSR count). The molecule has 124 valence electrons. The Hall–Kier alpha value is -2.55. The largest absolute Gasteiger partial charge is 0.290 e. The van der Waals surface area contributed by atoms with E-state index in [0.29, 0.717) is 0 Å². The molecule has 0 bridgehead atoms. The average Bonchev–Trinajstić information content (AvgIpc) is 2.88. The van der Waals surface area contributed by atoms with Crippen molar-refractivity contribution in [3.05, 3.63) is 75.1 Å². The van der Waals surface area contributed by atoms with Crippen LogP contribution in [-0.4, -0.2) is 9.78 Å². The summed E-state index contributed by atoms with van der Waals surface area (Å²) >= 11 is 0. The molecule has 1 heterocycles. The van der Waals surface area contributed by atoms with Crippen LogP contribution in [0.15, 0.2) is 47.3 Å². The molecule has 0 radical (unpaired) electrons. The predicted molar refractivity (Wildman–Crippen MR) is 100 cm³/mol. The zero-order valence-electron chi connectivity index (χ0n) is 15.0. The molecule has 0 aliphatic carbocycles. The number of aryl methyl sites for hydroxylation is 3. The Morgan fingerprint density at radius 2 is 1.71 bits per heavy atom. The Kier molecular flexibility index (Phi) is 4.18. The molecule has 3 nitrogen and oxygen atoms in total. The smallest absolute Gasteiger partial charge is 0.275 e. The van der Waals surface area contributed by atoms with E-state index < -0.39 is 0 Å². The summed E-state index contributed by atoms with van der Waals surface area (Å²) < 4.78 is 1.67. The average molecular weight is 320 g/mol. The fourth-order valence-corrected chi connectivity index (χ4v) is 3.05. The molecule has 1 aromatic heterocycles. The lowest BCUT2D eigenvalue weighted by molar-refractivity contribution is 0.824. The second kappa shape index (κ2) is 6.16. The van der Waals surface area contributed by atoms with Crippen molar-refractivity contribution in [2.24, 2.45) is 0 Å². The molecule has 0 saturated heterocycles.